The maximum atomic E-state index is 12.4. The van der Waals surface area contributed by atoms with E-state index in [2.05, 4.69) is 32.8 Å². The number of amides is 1. The Hall–Kier alpha value is -2.45. The summed E-state index contributed by atoms with van der Waals surface area (Å²) in [6.45, 7) is 3.48. The highest BCUT2D eigenvalue weighted by molar-refractivity contribution is 7.89. The van der Waals surface area contributed by atoms with E-state index in [1.54, 1.807) is 11.8 Å². The summed E-state index contributed by atoms with van der Waals surface area (Å²) in [4.78, 5) is 20.8. The van der Waals surface area contributed by atoms with Crippen LogP contribution in [0.2, 0.25) is 0 Å². The molecule has 3 heterocycles. The Labute approximate surface area is 178 Å². The number of hydrogen-bond donors (Lipinski definition) is 1. The zero-order valence-corrected chi connectivity index (χ0v) is 18.3. The first-order valence-electron chi connectivity index (χ1n) is 10.5. The van der Waals surface area contributed by atoms with Gasteiger partial charge in [0, 0.05) is 50.4 Å². The van der Waals surface area contributed by atoms with Crippen LogP contribution in [-0.2, 0) is 27.7 Å². The minimum absolute atomic E-state index is 0.0840. The van der Waals surface area contributed by atoms with E-state index in [1.165, 1.54) is 11.1 Å². The molecule has 1 amide bonds. The lowest BCUT2D eigenvalue weighted by Crippen LogP contribution is -2.38. The molecule has 1 aromatic heterocycles. The number of aryl methyl sites for hydroxylation is 1. The largest absolute Gasteiger partial charge is 0.369 e. The third-order valence-electron chi connectivity index (χ3n) is 6.04. The summed E-state index contributed by atoms with van der Waals surface area (Å²) in [6.07, 6.45) is 7.00. The Balaban J connectivity index is 1.68. The fraction of sp³-hybridized carbons (Fsp3) is 0.455. The highest BCUT2D eigenvalue weighted by Gasteiger charge is 2.27. The normalized spacial score (nSPS) is 16.4. The fourth-order valence-corrected chi connectivity index (χ4v) is 5.03. The number of rotatable bonds is 6. The number of nitrogens with one attached hydrogen (secondary N) is 1. The summed E-state index contributed by atoms with van der Waals surface area (Å²) in [7, 11) is -1.35. The quantitative estimate of drug-likeness (QED) is 0.764. The molecule has 0 atom stereocenters. The Morgan fingerprint density at radius 2 is 1.97 bits per heavy atom. The second kappa shape index (κ2) is 8.35. The molecule has 0 aliphatic carbocycles. The molecule has 0 bridgehead atoms. The number of carbonyl (C=O) groups excluding carboxylic acids is 1. The van der Waals surface area contributed by atoms with Crippen LogP contribution in [0.5, 0.6) is 0 Å². The van der Waals surface area contributed by atoms with Gasteiger partial charge >= 0.3 is 0 Å². The van der Waals surface area contributed by atoms with Crippen molar-refractivity contribution in [2.75, 3.05) is 42.2 Å². The molecule has 0 saturated heterocycles. The van der Waals surface area contributed by atoms with E-state index < -0.39 is 10.0 Å². The van der Waals surface area contributed by atoms with Crippen molar-refractivity contribution in [1.82, 2.24) is 9.71 Å². The van der Waals surface area contributed by atoms with Gasteiger partial charge < -0.3 is 9.80 Å². The molecular formula is C22H28N4O3S. The Morgan fingerprint density at radius 1 is 1.13 bits per heavy atom. The van der Waals surface area contributed by atoms with Crippen molar-refractivity contribution in [3.8, 4) is 11.1 Å². The molecule has 7 nitrogen and oxygen atoms in total. The molecule has 30 heavy (non-hydrogen) atoms. The molecule has 1 N–H and O–H groups in total. The molecule has 160 valence electrons. The van der Waals surface area contributed by atoms with Gasteiger partial charge in [-0.2, -0.15) is 0 Å². The molecule has 0 saturated carbocycles. The van der Waals surface area contributed by atoms with Crippen molar-refractivity contribution in [3.05, 3.63) is 41.7 Å². The minimum Gasteiger partial charge on any atom is -0.369 e. The summed E-state index contributed by atoms with van der Waals surface area (Å²) in [5.41, 5.74) is 6.54. The minimum atomic E-state index is -3.20. The molecule has 2 aliphatic heterocycles. The van der Waals surface area contributed by atoms with Crippen molar-refractivity contribution in [1.29, 1.82) is 0 Å². The maximum Gasteiger partial charge on any atom is 0.227 e. The van der Waals surface area contributed by atoms with Gasteiger partial charge in [-0.3, -0.25) is 9.78 Å². The van der Waals surface area contributed by atoms with Crippen molar-refractivity contribution < 1.29 is 13.2 Å². The molecule has 0 unspecified atom stereocenters. The predicted octanol–water partition coefficient (Wildman–Crippen LogP) is 2.35. The summed E-state index contributed by atoms with van der Waals surface area (Å²) >= 11 is 0. The highest BCUT2D eigenvalue weighted by Crippen LogP contribution is 2.41. The fourth-order valence-electron chi connectivity index (χ4n) is 4.42. The first-order chi connectivity index (χ1) is 14.4. The molecule has 2 aromatic rings. The Morgan fingerprint density at radius 3 is 2.77 bits per heavy atom. The molecule has 1 aromatic carbocycles. The molecule has 2 aliphatic rings. The van der Waals surface area contributed by atoms with Crippen LogP contribution >= 0.6 is 0 Å². The van der Waals surface area contributed by atoms with Crippen molar-refractivity contribution in [3.63, 3.8) is 0 Å². The van der Waals surface area contributed by atoms with Gasteiger partial charge in [0.2, 0.25) is 15.9 Å². The van der Waals surface area contributed by atoms with Crippen LogP contribution in [-0.4, -0.2) is 51.7 Å². The van der Waals surface area contributed by atoms with E-state index in [0.29, 0.717) is 19.5 Å². The Bertz CT molecular complexity index is 1070. The van der Waals surface area contributed by atoms with E-state index >= 15 is 0 Å². The lowest BCUT2D eigenvalue weighted by molar-refractivity contribution is -0.118. The number of benzene rings is 1. The van der Waals surface area contributed by atoms with Crippen LogP contribution in [0.25, 0.3) is 11.1 Å². The molecular weight excluding hydrogens is 400 g/mol. The first-order valence-corrected chi connectivity index (χ1v) is 12.1. The molecule has 4 rings (SSSR count). The van der Waals surface area contributed by atoms with E-state index in [9.17, 15) is 13.2 Å². The van der Waals surface area contributed by atoms with E-state index in [4.69, 9.17) is 0 Å². The van der Waals surface area contributed by atoms with Crippen molar-refractivity contribution >= 4 is 27.3 Å². The lowest BCUT2D eigenvalue weighted by atomic mass is 9.89. The zero-order chi connectivity index (χ0) is 21.3. The van der Waals surface area contributed by atoms with Crippen molar-refractivity contribution in [2.24, 2.45) is 0 Å². The van der Waals surface area contributed by atoms with Gasteiger partial charge in [-0.1, -0.05) is 18.2 Å². The van der Waals surface area contributed by atoms with Crippen molar-refractivity contribution in [2.45, 2.75) is 32.6 Å². The third kappa shape index (κ3) is 3.94. The Kier molecular flexibility index (Phi) is 5.79. The number of anilines is 2. The maximum absolute atomic E-state index is 12.4. The first kappa shape index (κ1) is 20.8. The summed E-state index contributed by atoms with van der Waals surface area (Å²) in [5.74, 6) is 0.221. The predicted molar refractivity (Wildman–Crippen MR) is 119 cm³/mol. The van der Waals surface area contributed by atoms with E-state index in [-0.39, 0.29) is 11.7 Å². The standard InChI is InChI=1S/C22H28N4O3S/c1-3-30(28,29)24-11-13-26-12-5-8-17-19(14-23-15-20(17)26)18-7-4-6-16-9-10-21(27)25(2)22(16)18/h4,6-7,14-15,24H,3,5,8-13H2,1-2H3. The number of carbonyl (C=O) groups is 1. The monoisotopic (exact) mass is 428 g/mol. The van der Waals surface area contributed by atoms with Gasteiger partial charge in [0.15, 0.2) is 0 Å². The number of hydrogen-bond acceptors (Lipinski definition) is 5. The van der Waals surface area contributed by atoms with Crippen LogP contribution in [0, 0.1) is 0 Å². The lowest BCUT2D eigenvalue weighted by Gasteiger charge is -2.33. The third-order valence-corrected chi connectivity index (χ3v) is 7.45. The highest BCUT2D eigenvalue weighted by atomic mass is 32.2. The number of sulfonamides is 1. The van der Waals surface area contributed by atoms with Crippen LogP contribution in [0.3, 0.4) is 0 Å². The van der Waals surface area contributed by atoms with Gasteiger partial charge in [-0.25, -0.2) is 13.1 Å². The SMILES string of the molecule is CCS(=O)(=O)NCCN1CCCc2c(-c3cccc4c3N(C)C(=O)CC4)cncc21. The molecule has 0 spiro atoms. The number of nitrogens with zero attached hydrogens (tertiary/aromatic N) is 3. The van der Waals surface area contributed by atoms with Gasteiger partial charge in [0.05, 0.1) is 23.3 Å². The topological polar surface area (TPSA) is 82.6 Å². The van der Waals surface area contributed by atoms with Crippen LogP contribution in [0.15, 0.2) is 30.6 Å². The smallest absolute Gasteiger partial charge is 0.227 e. The molecule has 8 heteroatoms. The molecule has 0 fully saturated rings. The van der Waals surface area contributed by atoms with Gasteiger partial charge in [0.25, 0.3) is 0 Å². The van der Waals surface area contributed by atoms with Gasteiger partial charge in [-0.15, -0.1) is 0 Å². The zero-order valence-electron chi connectivity index (χ0n) is 17.5. The number of pyridine rings is 1. The number of fused-ring (bicyclic) bond motifs is 2. The van der Waals surface area contributed by atoms with Crippen LogP contribution in [0.4, 0.5) is 11.4 Å². The van der Waals surface area contributed by atoms with Gasteiger partial charge in [0.1, 0.15) is 0 Å². The second-order valence-corrected chi connectivity index (χ2v) is 9.93. The number of para-hydroxylation sites is 1. The van der Waals surface area contributed by atoms with Crippen LogP contribution < -0.4 is 14.5 Å². The van der Waals surface area contributed by atoms with E-state index in [1.807, 2.05) is 19.4 Å². The molecule has 0 radical (unpaired) electrons. The average molecular weight is 429 g/mol. The van der Waals surface area contributed by atoms with E-state index in [0.717, 1.165) is 48.3 Å². The summed E-state index contributed by atoms with van der Waals surface area (Å²) < 4.78 is 26.1. The second-order valence-electron chi connectivity index (χ2n) is 7.84. The summed E-state index contributed by atoms with van der Waals surface area (Å²) in [5, 5.41) is 0. The number of aromatic nitrogens is 1. The van der Waals surface area contributed by atoms with Crippen LogP contribution in [0.1, 0.15) is 30.9 Å². The van der Waals surface area contributed by atoms with Gasteiger partial charge in [-0.05, 0) is 37.3 Å². The average Bonchev–Trinajstić information content (AvgIpc) is 2.75. The summed E-state index contributed by atoms with van der Waals surface area (Å²) in [6, 6.07) is 6.22.